The topological polar surface area (TPSA) is 327 Å². The van der Waals surface area contributed by atoms with Gasteiger partial charge in [-0.05, 0) is 0 Å². The zero-order valence-electron chi connectivity index (χ0n) is 9.53. The Morgan fingerprint density at radius 1 is 0.667 bits per heavy atom. The molecule has 0 fully saturated rings. The molecule has 18 N–H and O–H groups in total. The molecule has 15 heavy (non-hydrogen) atoms. The smallest absolute Gasteiger partial charge is 1.00 e. The maximum Gasteiger partial charge on any atom is 2.00 e. The van der Waals surface area contributed by atoms with E-state index in [-0.39, 0.29) is 104 Å². The van der Waals surface area contributed by atoms with Crippen molar-refractivity contribution in [3.05, 3.63) is 0 Å². The third-order valence-electron chi connectivity index (χ3n) is 0. The first kappa shape index (κ1) is 133. The Morgan fingerprint density at radius 3 is 0.667 bits per heavy atom. The van der Waals surface area contributed by atoms with Gasteiger partial charge in [-0.25, -0.2) is 0 Å². The number of hydrogen-bond donors (Lipinski definition) is 2. The molecule has 0 saturated carbocycles. The Kier molecular flexibility index (Phi) is 514. The SMILES string of the molecule is O.O.O.O.O.O.O.O.O=S(=O)(O)O.[Ca+2].[H-].[H-].[Zn]. The van der Waals surface area contributed by atoms with E-state index in [2.05, 4.69) is 0 Å². The molecule has 0 radical (unpaired) electrons. The minimum Gasteiger partial charge on any atom is -1.00 e. The van der Waals surface area contributed by atoms with Gasteiger partial charge >= 0.3 is 48.1 Å². The van der Waals surface area contributed by atoms with E-state index in [1.54, 1.807) is 0 Å². The molecule has 0 heterocycles. The monoisotopic (exact) mass is 348 g/mol. The van der Waals surface area contributed by atoms with Crippen molar-refractivity contribution in [2.75, 3.05) is 0 Å². The van der Waals surface area contributed by atoms with Crippen LogP contribution in [0.3, 0.4) is 0 Å². The molecule has 0 aliphatic carbocycles. The average molecular weight is 350 g/mol. The van der Waals surface area contributed by atoms with Gasteiger partial charge in [0, 0.05) is 19.5 Å². The van der Waals surface area contributed by atoms with E-state index < -0.39 is 10.4 Å². The molecule has 0 aliphatic heterocycles. The zero-order valence-corrected chi connectivity index (χ0v) is 13.5. The van der Waals surface area contributed by atoms with Crippen LogP contribution < -0.4 is 0 Å². The van der Waals surface area contributed by atoms with Crippen molar-refractivity contribution in [1.82, 2.24) is 0 Å². The fourth-order valence-electron chi connectivity index (χ4n) is 0. The number of rotatable bonds is 0. The fourth-order valence-corrected chi connectivity index (χ4v) is 0. The van der Waals surface area contributed by atoms with E-state index in [0.29, 0.717) is 0 Å². The summed E-state index contributed by atoms with van der Waals surface area (Å²) in [5.74, 6) is 0. The second kappa shape index (κ2) is 58.2. The molecule has 0 amide bonds. The van der Waals surface area contributed by atoms with Gasteiger partial charge in [0.1, 0.15) is 0 Å². The van der Waals surface area contributed by atoms with Gasteiger partial charge in [-0.2, -0.15) is 8.42 Å². The van der Waals surface area contributed by atoms with Crippen LogP contribution in [0.5, 0.6) is 0 Å². The minimum atomic E-state index is -4.67. The first-order valence-electron chi connectivity index (χ1n) is 0.698. The van der Waals surface area contributed by atoms with E-state index in [1.807, 2.05) is 0 Å². The predicted octanol–water partition coefficient (Wildman–Crippen LogP) is -7.41. The summed E-state index contributed by atoms with van der Waals surface area (Å²) < 4.78 is 31.6. The molecular formula is H20CaO12SZn. The zero-order chi connectivity index (χ0) is 4.50. The predicted molar refractivity (Wildman–Crippen MR) is 51.1 cm³/mol. The number of hydrogen-bond acceptors (Lipinski definition) is 2. The van der Waals surface area contributed by atoms with E-state index in [0.717, 1.165) is 0 Å². The molecule has 0 rings (SSSR count). The Labute approximate surface area is 131 Å². The van der Waals surface area contributed by atoms with Gasteiger partial charge < -0.3 is 46.7 Å². The Bertz CT molecular complexity index is 108. The summed E-state index contributed by atoms with van der Waals surface area (Å²) in [6.45, 7) is 0. The van der Waals surface area contributed by atoms with Gasteiger partial charge in [0.25, 0.3) is 0 Å². The molecule has 0 saturated heterocycles. The molecule has 15 heteroatoms. The van der Waals surface area contributed by atoms with Crippen LogP contribution in [-0.2, 0) is 29.9 Å². The Hall–Kier alpha value is 1.43. The summed E-state index contributed by atoms with van der Waals surface area (Å²) in [4.78, 5) is 0. The molecule has 0 unspecified atom stereocenters. The van der Waals surface area contributed by atoms with E-state index in [9.17, 15) is 0 Å². The molecule has 0 aromatic heterocycles. The summed E-state index contributed by atoms with van der Waals surface area (Å²) in [6.07, 6.45) is 0. The van der Waals surface area contributed by atoms with Gasteiger partial charge in [0.05, 0.1) is 0 Å². The van der Waals surface area contributed by atoms with E-state index in [1.165, 1.54) is 0 Å². The summed E-state index contributed by atoms with van der Waals surface area (Å²) in [5.41, 5.74) is 0. The molecule has 0 bridgehead atoms. The first-order valence-corrected chi connectivity index (χ1v) is 2.10. The Balaban J connectivity index is -0.00000000121. The second-order valence-electron chi connectivity index (χ2n) is 0.448. The molecule has 12 nitrogen and oxygen atoms in total. The molecule has 102 valence electrons. The van der Waals surface area contributed by atoms with Crippen LogP contribution in [0.1, 0.15) is 2.85 Å². The van der Waals surface area contributed by atoms with Crippen molar-refractivity contribution >= 4 is 48.1 Å². The Morgan fingerprint density at radius 2 is 0.667 bits per heavy atom. The van der Waals surface area contributed by atoms with E-state index >= 15 is 0 Å². The first-order chi connectivity index (χ1) is 2.00. The summed E-state index contributed by atoms with van der Waals surface area (Å²) in [6, 6.07) is 0. The fraction of sp³-hybridized carbons (Fsp3) is 0. The van der Waals surface area contributed by atoms with Crippen molar-refractivity contribution in [2.45, 2.75) is 0 Å². The van der Waals surface area contributed by atoms with Crippen LogP contribution in [0.15, 0.2) is 0 Å². The van der Waals surface area contributed by atoms with Gasteiger partial charge in [0.2, 0.25) is 0 Å². The van der Waals surface area contributed by atoms with Gasteiger partial charge in [-0.15, -0.1) is 0 Å². The van der Waals surface area contributed by atoms with E-state index in [4.69, 9.17) is 17.5 Å². The second-order valence-corrected chi connectivity index (χ2v) is 1.34. The normalized spacial score (nSPS) is 3.87. The van der Waals surface area contributed by atoms with Crippen LogP contribution in [0, 0.1) is 0 Å². The molecule has 0 aromatic carbocycles. The van der Waals surface area contributed by atoms with Gasteiger partial charge in [-0.1, -0.05) is 0 Å². The quantitative estimate of drug-likeness (QED) is 0.317. The van der Waals surface area contributed by atoms with Crippen molar-refractivity contribution in [2.24, 2.45) is 0 Å². The standard InChI is InChI=1S/Ca.H2O4S.8H2O.Zn.2H/c;1-5(2,3)4;;;;;;;;;;;/h;(H2,1,2,3,4);8*1H2;;;/q+2;;;;;;;;;;;2*-1. The minimum absolute atomic E-state index is 0. The summed E-state index contributed by atoms with van der Waals surface area (Å²) in [7, 11) is -4.67. The maximum absolute atomic E-state index is 8.74. The maximum atomic E-state index is 8.74. The van der Waals surface area contributed by atoms with Crippen LogP contribution in [-0.4, -0.2) is 99.1 Å². The molecule has 0 atom stereocenters. The third-order valence-corrected chi connectivity index (χ3v) is 0. The average Bonchev–Trinajstić information content (AvgIpc) is 0.722. The van der Waals surface area contributed by atoms with Crippen molar-refractivity contribution in [3.63, 3.8) is 0 Å². The molecular weight excluding hydrogens is 330 g/mol. The van der Waals surface area contributed by atoms with Crippen LogP contribution >= 0.6 is 0 Å². The summed E-state index contributed by atoms with van der Waals surface area (Å²) in [5, 5.41) is 0. The van der Waals surface area contributed by atoms with Crippen molar-refractivity contribution in [1.29, 1.82) is 0 Å². The van der Waals surface area contributed by atoms with Crippen LogP contribution in [0.4, 0.5) is 0 Å². The van der Waals surface area contributed by atoms with Crippen LogP contribution in [0.25, 0.3) is 0 Å². The van der Waals surface area contributed by atoms with Gasteiger partial charge in [-0.3, -0.25) is 9.11 Å². The molecule has 0 spiro atoms. The van der Waals surface area contributed by atoms with Crippen molar-refractivity contribution < 1.29 is 83.7 Å². The third kappa shape index (κ3) is 1360. The van der Waals surface area contributed by atoms with Crippen molar-refractivity contribution in [3.8, 4) is 0 Å². The molecule has 0 aromatic rings. The largest absolute Gasteiger partial charge is 2.00 e. The van der Waals surface area contributed by atoms with Gasteiger partial charge in [0.15, 0.2) is 0 Å². The van der Waals surface area contributed by atoms with Crippen LogP contribution in [0.2, 0.25) is 0 Å². The summed E-state index contributed by atoms with van der Waals surface area (Å²) >= 11 is 0. The molecule has 0 aliphatic rings.